The number of benzene rings is 1. The van der Waals surface area contributed by atoms with Gasteiger partial charge in [0.05, 0.1) is 11.5 Å². The first-order valence-electron chi connectivity index (χ1n) is 7.53. The molecule has 0 bridgehead atoms. The van der Waals surface area contributed by atoms with Crippen LogP contribution in [0.25, 0.3) is 0 Å². The Balaban J connectivity index is 1.62. The monoisotopic (exact) mass is 330 g/mol. The van der Waals surface area contributed by atoms with Gasteiger partial charge in [-0.05, 0) is 55.5 Å². The van der Waals surface area contributed by atoms with Gasteiger partial charge in [0.2, 0.25) is 5.91 Å². The molecule has 2 aromatic rings. The largest absolute Gasteiger partial charge is 0.494 e. The van der Waals surface area contributed by atoms with Gasteiger partial charge in [-0.3, -0.25) is 9.59 Å². The fraction of sp³-hybridized carbons (Fsp3) is 0.294. The Hall–Kier alpha value is -2.34. The number of ether oxygens (including phenoxy) is 1. The smallest absolute Gasteiger partial charge is 0.262 e. The predicted octanol–water partition coefficient (Wildman–Crippen LogP) is 3.05. The van der Waals surface area contributed by atoms with Crippen LogP contribution in [0.2, 0.25) is 0 Å². The molecule has 23 heavy (non-hydrogen) atoms. The van der Waals surface area contributed by atoms with Crippen molar-refractivity contribution in [2.75, 3.05) is 11.9 Å². The van der Waals surface area contributed by atoms with Gasteiger partial charge in [0.25, 0.3) is 5.91 Å². The Morgan fingerprint density at radius 3 is 2.52 bits per heavy atom. The summed E-state index contributed by atoms with van der Waals surface area (Å²) in [4.78, 5) is 25.2. The summed E-state index contributed by atoms with van der Waals surface area (Å²) in [6.07, 6.45) is 1.32. The highest BCUT2D eigenvalue weighted by Gasteiger charge is 2.51. The molecule has 6 heteroatoms. The number of hydrogen-bond donors (Lipinski definition) is 2. The Labute approximate surface area is 138 Å². The summed E-state index contributed by atoms with van der Waals surface area (Å²) >= 11 is 1.36. The Morgan fingerprint density at radius 1 is 1.22 bits per heavy atom. The number of anilines is 1. The van der Waals surface area contributed by atoms with E-state index in [9.17, 15) is 9.59 Å². The normalized spacial score (nSPS) is 14.8. The molecule has 1 aromatic carbocycles. The highest BCUT2D eigenvalue weighted by molar-refractivity contribution is 7.12. The van der Waals surface area contributed by atoms with Gasteiger partial charge in [-0.25, -0.2) is 0 Å². The molecule has 1 saturated carbocycles. The van der Waals surface area contributed by atoms with E-state index in [2.05, 4.69) is 10.6 Å². The van der Waals surface area contributed by atoms with E-state index in [1.165, 1.54) is 11.3 Å². The van der Waals surface area contributed by atoms with Crippen LogP contribution in [0.3, 0.4) is 0 Å². The summed E-state index contributed by atoms with van der Waals surface area (Å²) in [6, 6.07) is 10.8. The second-order valence-corrected chi connectivity index (χ2v) is 6.37. The Kier molecular flexibility index (Phi) is 4.34. The van der Waals surface area contributed by atoms with E-state index in [1.807, 2.05) is 30.5 Å². The van der Waals surface area contributed by atoms with Crippen LogP contribution in [-0.4, -0.2) is 24.0 Å². The van der Waals surface area contributed by atoms with Crippen molar-refractivity contribution in [3.63, 3.8) is 0 Å². The van der Waals surface area contributed by atoms with Gasteiger partial charge in [-0.15, -0.1) is 11.3 Å². The van der Waals surface area contributed by atoms with Gasteiger partial charge in [0.1, 0.15) is 11.3 Å². The molecule has 0 radical (unpaired) electrons. The average Bonchev–Trinajstić information content (AvgIpc) is 3.12. The van der Waals surface area contributed by atoms with E-state index >= 15 is 0 Å². The Morgan fingerprint density at radius 2 is 1.96 bits per heavy atom. The molecule has 1 aliphatic carbocycles. The van der Waals surface area contributed by atoms with E-state index in [-0.39, 0.29) is 11.8 Å². The molecule has 2 N–H and O–H groups in total. The second-order valence-electron chi connectivity index (χ2n) is 5.43. The molecule has 2 amide bonds. The lowest BCUT2D eigenvalue weighted by Gasteiger charge is -2.17. The van der Waals surface area contributed by atoms with E-state index in [4.69, 9.17) is 4.74 Å². The van der Waals surface area contributed by atoms with Crippen LogP contribution in [0.5, 0.6) is 5.75 Å². The van der Waals surface area contributed by atoms with Crippen LogP contribution in [0.15, 0.2) is 41.8 Å². The Bertz CT molecular complexity index is 691. The standard InChI is InChI=1S/C17H18N2O3S/c1-2-22-13-7-5-12(6-8-13)18-16(21)17(9-10-17)19-15(20)14-4-3-11-23-14/h3-8,11H,2,9-10H2,1H3,(H,18,21)(H,19,20). The van der Waals surface area contributed by atoms with Crippen molar-refractivity contribution in [2.45, 2.75) is 25.3 Å². The van der Waals surface area contributed by atoms with Crippen molar-refractivity contribution < 1.29 is 14.3 Å². The zero-order valence-electron chi connectivity index (χ0n) is 12.8. The third-order valence-electron chi connectivity index (χ3n) is 3.71. The number of carbonyl (C=O) groups excluding carboxylic acids is 2. The SMILES string of the molecule is CCOc1ccc(NC(=O)C2(NC(=O)c3cccs3)CC2)cc1. The minimum Gasteiger partial charge on any atom is -0.494 e. The predicted molar refractivity (Wildman–Crippen MR) is 90.0 cm³/mol. The number of nitrogens with one attached hydrogen (secondary N) is 2. The molecule has 5 nitrogen and oxygen atoms in total. The summed E-state index contributed by atoms with van der Waals surface area (Å²) in [6.45, 7) is 2.52. The summed E-state index contributed by atoms with van der Waals surface area (Å²) in [5.41, 5.74) is -0.0882. The topological polar surface area (TPSA) is 67.4 Å². The molecule has 1 heterocycles. The summed E-state index contributed by atoms with van der Waals surface area (Å²) < 4.78 is 5.37. The third-order valence-corrected chi connectivity index (χ3v) is 4.57. The van der Waals surface area contributed by atoms with Gasteiger partial charge in [-0.1, -0.05) is 6.07 Å². The number of amides is 2. The number of rotatable bonds is 6. The molecular formula is C17H18N2O3S. The molecule has 0 unspecified atom stereocenters. The molecule has 1 aromatic heterocycles. The molecule has 0 aliphatic heterocycles. The molecule has 1 aliphatic rings. The minimum absolute atomic E-state index is 0.174. The van der Waals surface area contributed by atoms with Gasteiger partial charge >= 0.3 is 0 Å². The lowest BCUT2D eigenvalue weighted by Crippen LogP contribution is -2.45. The summed E-state index contributed by atoms with van der Waals surface area (Å²) in [7, 11) is 0. The van der Waals surface area contributed by atoms with E-state index < -0.39 is 5.54 Å². The van der Waals surface area contributed by atoms with Gasteiger partial charge in [-0.2, -0.15) is 0 Å². The zero-order chi connectivity index (χ0) is 16.3. The first-order chi connectivity index (χ1) is 11.1. The van der Waals surface area contributed by atoms with Crippen molar-refractivity contribution in [1.29, 1.82) is 0 Å². The van der Waals surface area contributed by atoms with Crippen molar-refractivity contribution >= 4 is 28.8 Å². The molecule has 1 fully saturated rings. The maximum Gasteiger partial charge on any atom is 0.262 e. The fourth-order valence-corrected chi connectivity index (χ4v) is 2.89. The summed E-state index contributed by atoms with van der Waals surface area (Å²) in [5, 5.41) is 7.56. The van der Waals surface area contributed by atoms with Crippen LogP contribution < -0.4 is 15.4 Å². The number of hydrogen-bond acceptors (Lipinski definition) is 4. The van der Waals surface area contributed by atoms with Gasteiger partial charge < -0.3 is 15.4 Å². The molecule has 0 spiro atoms. The number of thiophene rings is 1. The van der Waals surface area contributed by atoms with Crippen LogP contribution in [0.1, 0.15) is 29.4 Å². The minimum atomic E-state index is -0.778. The molecule has 0 atom stereocenters. The zero-order valence-corrected chi connectivity index (χ0v) is 13.6. The van der Waals surface area contributed by atoms with E-state index in [0.29, 0.717) is 30.0 Å². The van der Waals surface area contributed by atoms with Crippen LogP contribution in [0.4, 0.5) is 5.69 Å². The van der Waals surface area contributed by atoms with Crippen LogP contribution in [-0.2, 0) is 4.79 Å². The van der Waals surface area contributed by atoms with E-state index in [1.54, 1.807) is 18.2 Å². The van der Waals surface area contributed by atoms with Gasteiger partial charge in [0.15, 0.2) is 0 Å². The molecular weight excluding hydrogens is 312 g/mol. The first kappa shape index (κ1) is 15.6. The van der Waals surface area contributed by atoms with Crippen molar-refractivity contribution in [2.24, 2.45) is 0 Å². The van der Waals surface area contributed by atoms with Crippen molar-refractivity contribution in [3.8, 4) is 5.75 Å². The number of carbonyl (C=O) groups is 2. The summed E-state index contributed by atoms with van der Waals surface area (Å²) in [5.74, 6) is 0.392. The maximum atomic E-state index is 12.5. The highest BCUT2D eigenvalue weighted by atomic mass is 32.1. The molecule has 3 rings (SSSR count). The van der Waals surface area contributed by atoms with Crippen molar-refractivity contribution in [3.05, 3.63) is 46.7 Å². The van der Waals surface area contributed by atoms with Gasteiger partial charge in [0, 0.05) is 5.69 Å². The lowest BCUT2D eigenvalue weighted by molar-refractivity contribution is -0.118. The fourth-order valence-electron chi connectivity index (χ4n) is 2.27. The third kappa shape index (κ3) is 3.53. The first-order valence-corrected chi connectivity index (χ1v) is 8.41. The highest BCUT2D eigenvalue weighted by Crippen LogP contribution is 2.37. The van der Waals surface area contributed by atoms with Crippen LogP contribution in [0, 0.1) is 0 Å². The average molecular weight is 330 g/mol. The van der Waals surface area contributed by atoms with Crippen LogP contribution >= 0.6 is 11.3 Å². The van der Waals surface area contributed by atoms with Crippen molar-refractivity contribution in [1.82, 2.24) is 5.32 Å². The lowest BCUT2D eigenvalue weighted by atomic mass is 10.2. The molecule has 0 saturated heterocycles. The quantitative estimate of drug-likeness (QED) is 0.855. The maximum absolute atomic E-state index is 12.5. The molecule has 120 valence electrons. The van der Waals surface area contributed by atoms with E-state index in [0.717, 1.165) is 5.75 Å². The second kappa shape index (κ2) is 6.42.